The van der Waals surface area contributed by atoms with Crippen LogP contribution in [0.15, 0.2) is 18.2 Å². The average Bonchev–Trinajstić information content (AvgIpc) is 2.38. The predicted octanol–water partition coefficient (Wildman–Crippen LogP) is 0.434. The van der Waals surface area contributed by atoms with Gasteiger partial charge in [-0.2, -0.15) is 5.26 Å². The van der Waals surface area contributed by atoms with Gasteiger partial charge in [-0.15, -0.1) is 0 Å². The van der Waals surface area contributed by atoms with Crippen molar-refractivity contribution >= 4 is 17.7 Å². The van der Waals surface area contributed by atoms with Crippen LogP contribution in [0.3, 0.4) is 0 Å². The number of urea groups is 1. The summed E-state index contributed by atoms with van der Waals surface area (Å²) in [6, 6.07) is 4.53. The zero-order valence-electron chi connectivity index (χ0n) is 10.2. The van der Waals surface area contributed by atoms with Crippen molar-refractivity contribution in [2.24, 2.45) is 0 Å². The average molecular weight is 263 g/mol. The summed E-state index contributed by atoms with van der Waals surface area (Å²) in [4.78, 5) is 22.2. The number of aliphatic carboxylic acids is 1. The Hall–Kier alpha value is -2.59. The second-order valence-corrected chi connectivity index (χ2v) is 3.81. The van der Waals surface area contributed by atoms with Crippen molar-refractivity contribution in [2.75, 3.05) is 11.9 Å². The summed E-state index contributed by atoms with van der Waals surface area (Å²) < 4.78 is 0. The molecule has 19 heavy (non-hydrogen) atoms. The number of carbonyl (C=O) groups is 2. The molecule has 0 aromatic heterocycles. The lowest BCUT2D eigenvalue weighted by atomic mass is 10.1. The number of carbonyl (C=O) groups excluding carboxylic acids is 1. The van der Waals surface area contributed by atoms with Crippen LogP contribution in [0.2, 0.25) is 0 Å². The van der Waals surface area contributed by atoms with Gasteiger partial charge < -0.3 is 20.8 Å². The Balaban J connectivity index is 2.77. The van der Waals surface area contributed by atoms with Gasteiger partial charge in [-0.05, 0) is 24.6 Å². The molecule has 1 aromatic rings. The molecule has 0 radical (unpaired) electrons. The monoisotopic (exact) mass is 263 g/mol. The first kappa shape index (κ1) is 14.5. The van der Waals surface area contributed by atoms with Crippen molar-refractivity contribution in [3.63, 3.8) is 0 Å². The van der Waals surface area contributed by atoms with E-state index in [9.17, 15) is 9.59 Å². The Labute approximate surface area is 109 Å². The Morgan fingerprint density at radius 2 is 2.16 bits per heavy atom. The highest BCUT2D eigenvalue weighted by Crippen LogP contribution is 2.16. The number of rotatable bonds is 4. The topological polar surface area (TPSA) is 122 Å². The predicted molar refractivity (Wildman–Crippen MR) is 66.6 cm³/mol. The molecule has 0 aliphatic rings. The number of carboxylic acid groups (broad SMARTS) is 1. The number of nitrogens with zero attached hydrogens (tertiary/aromatic N) is 1. The molecule has 0 aliphatic heterocycles. The van der Waals surface area contributed by atoms with Crippen molar-refractivity contribution in [3.8, 4) is 6.07 Å². The van der Waals surface area contributed by atoms with Crippen LogP contribution in [-0.4, -0.2) is 34.9 Å². The number of aliphatic hydroxyl groups is 1. The van der Waals surface area contributed by atoms with E-state index in [0.29, 0.717) is 11.3 Å². The Kier molecular flexibility index (Phi) is 4.85. The summed E-state index contributed by atoms with van der Waals surface area (Å²) in [5.74, 6) is -1.33. The first-order chi connectivity index (χ1) is 8.97. The van der Waals surface area contributed by atoms with Gasteiger partial charge in [-0.3, -0.25) is 0 Å². The quantitative estimate of drug-likeness (QED) is 0.627. The van der Waals surface area contributed by atoms with E-state index >= 15 is 0 Å². The van der Waals surface area contributed by atoms with E-state index < -0.39 is 24.6 Å². The number of nitrogens with one attached hydrogen (secondary N) is 2. The third kappa shape index (κ3) is 3.97. The Morgan fingerprint density at radius 1 is 1.47 bits per heavy atom. The minimum atomic E-state index is -1.38. The number of aliphatic hydroxyl groups excluding tert-OH is 1. The van der Waals surface area contributed by atoms with E-state index in [-0.39, 0.29) is 0 Å². The maximum atomic E-state index is 11.6. The fourth-order valence-electron chi connectivity index (χ4n) is 1.33. The summed E-state index contributed by atoms with van der Waals surface area (Å²) in [5, 5.41) is 30.7. The molecule has 0 heterocycles. The zero-order chi connectivity index (χ0) is 14.4. The van der Waals surface area contributed by atoms with Crippen LogP contribution in [0.4, 0.5) is 10.5 Å². The number of benzene rings is 1. The fourth-order valence-corrected chi connectivity index (χ4v) is 1.33. The van der Waals surface area contributed by atoms with Crippen LogP contribution in [0.1, 0.15) is 11.1 Å². The van der Waals surface area contributed by atoms with E-state index in [0.717, 1.165) is 5.56 Å². The molecule has 7 heteroatoms. The Bertz CT molecular complexity index is 536. The SMILES string of the molecule is Cc1ccc(C#N)cc1NC(=O)N[C@@H](CO)C(=O)O. The lowest BCUT2D eigenvalue weighted by Crippen LogP contribution is -2.45. The first-order valence-corrected chi connectivity index (χ1v) is 5.40. The summed E-state index contributed by atoms with van der Waals surface area (Å²) in [6.45, 7) is 1.03. The van der Waals surface area contributed by atoms with Gasteiger partial charge in [-0.1, -0.05) is 6.07 Å². The molecule has 0 saturated heterocycles. The van der Waals surface area contributed by atoms with Gasteiger partial charge in [0.1, 0.15) is 0 Å². The third-order valence-corrected chi connectivity index (χ3v) is 2.40. The molecule has 0 spiro atoms. The summed E-state index contributed by atoms with van der Waals surface area (Å²) in [6.07, 6.45) is 0. The minimum absolute atomic E-state index is 0.373. The number of aryl methyl sites for hydroxylation is 1. The molecule has 100 valence electrons. The van der Waals surface area contributed by atoms with Crippen LogP contribution in [0.25, 0.3) is 0 Å². The van der Waals surface area contributed by atoms with Crippen molar-refractivity contribution < 1.29 is 19.8 Å². The van der Waals surface area contributed by atoms with Crippen molar-refractivity contribution in [3.05, 3.63) is 29.3 Å². The highest BCUT2D eigenvalue weighted by atomic mass is 16.4. The van der Waals surface area contributed by atoms with Gasteiger partial charge in [0.2, 0.25) is 0 Å². The van der Waals surface area contributed by atoms with Crippen LogP contribution in [-0.2, 0) is 4.79 Å². The molecule has 0 unspecified atom stereocenters. The van der Waals surface area contributed by atoms with Crippen LogP contribution in [0.5, 0.6) is 0 Å². The fraction of sp³-hybridized carbons (Fsp3) is 0.250. The number of hydrogen-bond donors (Lipinski definition) is 4. The molecule has 1 rings (SSSR count). The maximum Gasteiger partial charge on any atom is 0.328 e. The van der Waals surface area contributed by atoms with Crippen molar-refractivity contribution in [2.45, 2.75) is 13.0 Å². The minimum Gasteiger partial charge on any atom is -0.480 e. The third-order valence-electron chi connectivity index (χ3n) is 2.40. The van der Waals surface area contributed by atoms with Crippen molar-refractivity contribution in [1.82, 2.24) is 5.32 Å². The molecule has 0 saturated carbocycles. The van der Waals surface area contributed by atoms with Crippen molar-refractivity contribution in [1.29, 1.82) is 5.26 Å². The molecule has 0 bridgehead atoms. The van der Waals surface area contributed by atoms with E-state index in [4.69, 9.17) is 15.5 Å². The highest BCUT2D eigenvalue weighted by Gasteiger charge is 2.18. The maximum absolute atomic E-state index is 11.6. The molecule has 2 amide bonds. The van der Waals surface area contributed by atoms with Gasteiger partial charge in [0, 0.05) is 5.69 Å². The van der Waals surface area contributed by atoms with Gasteiger partial charge in [0.15, 0.2) is 6.04 Å². The standard InChI is InChI=1S/C12H13N3O4/c1-7-2-3-8(5-13)4-9(7)14-12(19)15-10(6-16)11(17)18/h2-4,10,16H,6H2,1H3,(H,17,18)(H2,14,15,19)/t10-/m0/s1. The number of amides is 2. The van der Waals surface area contributed by atoms with E-state index in [1.54, 1.807) is 19.1 Å². The highest BCUT2D eigenvalue weighted by molar-refractivity contribution is 5.93. The van der Waals surface area contributed by atoms with Crippen LogP contribution >= 0.6 is 0 Å². The van der Waals surface area contributed by atoms with Gasteiger partial charge in [0.05, 0.1) is 18.2 Å². The summed E-state index contributed by atoms with van der Waals surface area (Å²) in [5.41, 5.74) is 1.50. The van der Waals surface area contributed by atoms with E-state index in [2.05, 4.69) is 10.6 Å². The molecular formula is C12H13N3O4. The molecule has 0 aliphatic carbocycles. The van der Waals surface area contributed by atoms with E-state index in [1.165, 1.54) is 6.07 Å². The zero-order valence-corrected chi connectivity index (χ0v) is 10.2. The van der Waals surface area contributed by atoms with E-state index in [1.807, 2.05) is 6.07 Å². The normalized spacial score (nSPS) is 11.2. The van der Waals surface area contributed by atoms with Crippen LogP contribution in [0, 0.1) is 18.3 Å². The molecule has 1 aromatic carbocycles. The molecule has 7 nitrogen and oxygen atoms in total. The smallest absolute Gasteiger partial charge is 0.328 e. The number of carboxylic acids is 1. The summed E-state index contributed by atoms with van der Waals surface area (Å²) in [7, 11) is 0. The molecule has 0 fully saturated rings. The molecule has 4 N–H and O–H groups in total. The van der Waals surface area contributed by atoms with Gasteiger partial charge in [0.25, 0.3) is 0 Å². The summed E-state index contributed by atoms with van der Waals surface area (Å²) >= 11 is 0. The lowest BCUT2D eigenvalue weighted by molar-refractivity contribution is -0.140. The second-order valence-electron chi connectivity index (χ2n) is 3.81. The molecule has 1 atom stereocenters. The first-order valence-electron chi connectivity index (χ1n) is 5.40. The number of anilines is 1. The largest absolute Gasteiger partial charge is 0.480 e. The van der Waals surface area contributed by atoms with Gasteiger partial charge in [-0.25, -0.2) is 9.59 Å². The number of hydrogen-bond acceptors (Lipinski definition) is 4. The Morgan fingerprint density at radius 3 is 2.68 bits per heavy atom. The van der Waals surface area contributed by atoms with Crippen LogP contribution < -0.4 is 10.6 Å². The second kappa shape index (κ2) is 6.37. The lowest BCUT2D eigenvalue weighted by Gasteiger charge is -2.13. The molecular weight excluding hydrogens is 250 g/mol. The number of nitriles is 1. The van der Waals surface area contributed by atoms with Gasteiger partial charge >= 0.3 is 12.0 Å².